The molecule has 4 atom stereocenters. The fourth-order valence-corrected chi connectivity index (χ4v) is 2.93. The van der Waals surface area contributed by atoms with Crippen LogP contribution in [0.15, 0.2) is 39.6 Å². The van der Waals surface area contributed by atoms with E-state index in [2.05, 4.69) is 30.7 Å². The molecule has 0 radical (unpaired) electrons. The number of aromatic nitrogens is 2. The number of rotatable bonds is 1. The highest BCUT2D eigenvalue weighted by atomic mass is 16.5. The van der Waals surface area contributed by atoms with E-state index in [1.807, 2.05) is 25.2 Å². The Morgan fingerprint density at radius 1 is 1.22 bits per heavy atom. The van der Waals surface area contributed by atoms with Crippen molar-refractivity contribution in [2.24, 2.45) is 11.8 Å². The van der Waals surface area contributed by atoms with Gasteiger partial charge in [-0.3, -0.25) is 14.3 Å². The number of nitrogens with zero attached hydrogens (tertiary/aromatic N) is 1. The summed E-state index contributed by atoms with van der Waals surface area (Å²) in [5.74, 6) is 6.32. The molecule has 0 bridgehead atoms. The Hall–Kier alpha value is -2.32. The summed E-state index contributed by atoms with van der Waals surface area (Å²) in [4.78, 5) is 26.5. The van der Waals surface area contributed by atoms with Crippen LogP contribution >= 0.6 is 0 Å². The first-order valence-electron chi connectivity index (χ1n) is 7.87. The maximum Gasteiger partial charge on any atom is 0.330 e. The lowest BCUT2D eigenvalue weighted by Gasteiger charge is -2.18. The van der Waals surface area contributed by atoms with Crippen molar-refractivity contribution in [2.45, 2.75) is 39.5 Å². The third-order valence-corrected chi connectivity index (χ3v) is 4.73. The Kier molecular flexibility index (Phi) is 4.10. The average Bonchev–Trinajstić information content (AvgIpc) is 3.11. The lowest BCUT2D eigenvalue weighted by atomic mass is 9.93. The van der Waals surface area contributed by atoms with Gasteiger partial charge in [-0.15, -0.1) is 0 Å². The maximum absolute atomic E-state index is 12.2. The third-order valence-electron chi connectivity index (χ3n) is 4.73. The highest BCUT2D eigenvalue weighted by Crippen LogP contribution is 2.37. The average molecular weight is 312 g/mol. The Morgan fingerprint density at radius 3 is 2.61 bits per heavy atom. The van der Waals surface area contributed by atoms with E-state index in [1.54, 1.807) is 0 Å². The minimum Gasteiger partial charge on any atom is -0.354 e. The highest BCUT2D eigenvalue weighted by molar-refractivity contribution is 5.46. The van der Waals surface area contributed by atoms with E-state index in [1.165, 1.54) is 10.8 Å². The summed E-state index contributed by atoms with van der Waals surface area (Å²) in [6.07, 6.45) is 7.98. The van der Waals surface area contributed by atoms with E-state index in [0.717, 1.165) is 12.0 Å². The van der Waals surface area contributed by atoms with Gasteiger partial charge in [0.1, 0.15) is 11.8 Å². The molecular formula is C18H20N2O3. The SMILES string of the molecule is CC1OC(n2cc(C#CC3=CCC=C3)c(=O)[nH]c2=O)C(C)C1C. The summed E-state index contributed by atoms with van der Waals surface area (Å²) in [5.41, 5.74) is 0.232. The van der Waals surface area contributed by atoms with Gasteiger partial charge in [0.2, 0.25) is 0 Å². The van der Waals surface area contributed by atoms with Gasteiger partial charge >= 0.3 is 5.69 Å². The maximum atomic E-state index is 12.2. The highest BCUT2D eigenvalue weighted by Gasteiger charge is 2.38. The second kappa shape index (κ2) is 6.05. The molecule has 23 heavy (non-hydrogen) atoms. The van der Waals surface area contributed by atoms with Gasteiger partial charge in [-0.1, -0.05) is 43.9 Å². The normalized spacial score (nSPS) is 29.3. The molecule has 2 heterocycles. The summed E-state index contributed by atoms with van der Waals surface area (Å²) < 4.78 is 7.35. The fraction of sp³-hybridized carbons (Fsp3) is 0.444. The van der Waals surface area contributed by atoms with Gasteiger partial charge in [0, 0.05) is 17.7 Å². The second-order valence-electron chi connectivity index (χ2n) is 6.21. The van der Waals surface area contributed by atoms with Gasteiger partial charge in [0.25, 0.3) is 5.56 Å². The predicted octanol–water partition coefficient (Wildman–Crippen LogP) is 1.96. The van der Waals surface area contributed by atoms with Gasteiger partial charge in [-0.25, -0.2) is 4.79 Å². The van der Waals surface area contributed by atoms with Crippen LogP contribution in [0.5, 0.6) is 0 Å². The molecule has 5 heteroatoms. The first-order valence-corrected chi connectivity index (χ1v) is 7.87. The van der Waals surface area contributed by atoms with Crippen molar-refractivity contribution in [2.75, 3.05) is 0 Å². The lowest BCUT2D eigenvalue weighted by Crippen LogP contribution is -2.35. The molecule has 1 aliphatic carbocycles. The predicted molar refractivity (Wildman–Crippen MR) is 88.0 cm³/mol. The first kappa shape index (κ1) is 15.6. The number of allylic oxidation sites excluding steroid dienone is 4. The van der Waals surface area contributed by atoms with Crippen LogP contribution in [-0.4, -0.2) is 15.7 Å². The molecule has 0 aromatic carbocycles. The molecule has 3 rings (SSSR count). The molecule has 1 fully saturated rings. The van der Waals surface area contributed by atoms with Gasteiger partial charge in [0.05, 0.1) is 6.10 Å². The van der Waals surface area contributed by atoms with Crippen molar-refractivity contribution in [3.8, 4) is 11.8 Å². The van der Waals surface area contributed by atoms with Crippen LogP contribution in [0.2, 0.25) is 0 Å². The zero-order valence-corrected chi connectivity index (χ0v) is 13.5. The zero-order chi connectivity index (χ0) is 16.6. The van der Waals surface area contributed by atoms with Crippen LogP contribution in [0.1, 0.15) is 39.0 Å². The monoisotopic (exact) mass is 312 g/mol. The van der Waals surface area contributed by atoms with Crippen molar-refractivity contribution >= 4 is 0 Å². The Balaban J connectivity index is 1.99. The summed E-state index contributed by atoms with van der Waals surface area (Å²) in [7, 11) is 0. The van der Waals surface area contributed by atoms with E-state index >= 15 is 0 Å². The van der Waals surface area contributed by atoms with Gasteiger partial charge < -0.3 is 4.74 Å². The molecule has 1 aromatic rings. The summed E-state index contributed by atoms with van der Waals surface area (Å²) in [5, 5.41) is 0. The number of hydrogen-bond acceptors (Lipinski definition) is 3. The van der Waals surface area contributed by atoms with Gasteiger partial charge in [-0.2, -0.15) is 0 Å². The van der Waals surface area contributed by atoms with E-state index in [-0.39, 0.29) is 23.8 Å². The Morgan fingerprint density at radius 2 is 2.00 bits per heavy atom. The number of hydrogen-bond donors (Lipinski definition) is 1. The molecule has 120 valence electrons. The first-order chi connectivity index (χ1) is 11.0. The second-order valence-corrected chi connectivity index (χ2v) is 6.21. The van der Waals surface area contributed by atoms with Crippen LogP contribution < -0.4 is 11.2 Å². The smallest absolute Gasteiger partial charge is 0.330 e. The molecule has 1 aliphatic heterocycles. The molecule has 1 saturated heterocycles. The molecule has 2 aliphatic rings. The van der Waals surface area contributed by atoms with Gasteiger partial charge in [-0.05, 0) is 19.3 Å². The zero-order valence-electron chi connectivity index (χ0n) is 13.5. The summed E-state index contributed by atoms with van der Waals surface area (Å²) in [6, 6.07) is 0. The lowest BCUT2D eigenvalue weighted by molar-refractivity contribution is -0.00764. The number of nitrogens with one attached hydrogen (secondary N) is 1. The molecule has 0 amide bonds. The molecule has 1 aromatic heterocycles. The number of ether oxygens (including phenoxy) is 1. The van der Waals surface area contributed by atoms with E-state index in [9.17, 15) is 9.59 Å². The van der Waals surface area contributed by atoms with Crippen molar-refractivity contribution in [1.82, 2.24) is 9.55 Å². The number of aromatic amines is 1. The topological polar surface area (TPSA) is 64.1 Å². The van der Waals surface area contributed by atoms with E-state index in [4.69, 9.17) is 4.74 Å². The minimum atomic E-state index is -0.465. The van der Waals surface area contributed by atoms with Crippen LogP contribution in [0.3, 0.4) is 0 Å². The quantitative estimate of drug-likeness (QED) is 0.806. The van der Waals surface area contributed by atoms with E-state index < -0.39 is 11.2 Å². The third kappa shape index (κ3) is 2.95. The molecule has 1 N–H and O–H groups in total. The standard InChI is InChI=1S/C18H20N2O3/c1-11-12(2)17(23-13(11)3)20-10-15(16(21)19-18(20)22)9-8-14-6-4-5-7-14/h4,6-7,10-13,17H,5H2,1-3H3,(H,19,21,22). The minimum absolute atomic E-state index is 0.0668. The summed E-state index contributed by atoms with van der Waals surface area (Å²) in [6.45, 7) is 6.15. The van der Waals surface area contributed by atoms with Crippen molar-refractivity contribution in [3.63, 3.8) is 0 Å². The fourth-order valence-electron chi connectivity index (χ4n) is 2.93. The summed E-state index contributed by atoms with van der Waals surface area (Å²) >= 11 is 0. The van der Waals surface area contributed by atoms with Crippen LogP contribution in [0.25, 0.3) is 0 Å². The molecule has 5 nitrogen and oxygen atoms in total. The van der Waals surface area contributed by atoms with Crippen molar-refractivity contribution in [3.05, 3.63) is 56.4 Å². The van der Waals surface area contributed by atoms with Crippen molar-refractivity contribution < 1.29 is 4.74 Å². The molecule has 0 spiro atoms. The van der Waals surface area contributed by atoms with Gasteiger partial charge in [0.15, 0.2) is 0 Å². The van der Waals surface area contributed by atoms with Crippen LogP contribution in [0, 0.1) is 23.7 Å². The largest absolute Gasteiger partial charge is 0.354 e. The van der Waals surface area contributed by atoms with Crippen LogP contribution in [-0.2, 0) is 4.74 Å². The number of H-pyrrole nitrogens is 1. The Bertz CT molecular complexity index is 847. The Labute approximate surface area is 134 Å². The van der Waals surface area contributed by atoms with E-state index in [0.29, 0.717) is 5.92 Å². The molecule has 4 unspecified atom stereocenters. The molecular weight excluding hydrogens is 292 g/mol. The van der Waals surface area contributed by atoms with Crippen LogP contribution in [0.4, 0.5) is 0 Å². The molecule has 0 saturated carbocycles. The van der Waals surface area contributed by atoms with Crippen molar-refractivity contribution in [1.29, 1.82) is 0 Å².